The van der Waals surface area contributed by atoms with Gasteiger partial charge in [0.25, 0.3) is 0 Å². The molecule has 62 valence electrons. The molecule has 0 aliphatic carbocycles. The summed E-state index contributed by atoms with van der Waals surface area (Å²) in [7, 11) is 0. The Hall–Kier alpha value is -0.120. The Labute approximate surface area is 61.9 Å². The summed E-state index contributed by atoms with van der Waals surface area (Å²) in [5.41, 5.74) is 5.19. The van der Waals surface area contributed by atoms with E-state index in [0.717, 1.165) is 25.7 Å². The largest absolute Gasteiger partial charge is 0.396 e. The van der Waals surface area contributed by atoms with Gasteiger partial charge in [0, 0.05) is 13.2 Å². The van der Waals surface area contributed by atoms with Gasteiger partial charge in [-0.1, -0.05) is 12.8 Å². The van der Waals surface area contributed by atoms with Crippen LogP contribution >= 0.6 is 0 Å². The molecule has 0 aliphatic rings. The molecule has 0 aliphatic heterocycles. The smallest absolute Gasteiger partial charge is 0.0662 e. The Bertz CT molecular complexity index is 68.6. The lowest BCUT2D eigenvalue weighted by molar-refractivity contribution is 0.167. The van der Waals surface area contributed by atoms with Crippen molar-refractivity contribution < 1.29 is 10.2 Å². The fraction of sp³-hybridized carbons (Fsp3) is 1.00. The van der Waals surface area contributed by atoms with Gasteiger partial charge in [-0.2, -0.15) is 0 Å². The van der Waals surface area contributed by atoms with Crippen molar-refractivity contribution in [2.75, 3.05) is 13.2 Å². The molecule has 0 bridgehead atoms. The molecule has 0 saturated heterocycles. The van der Waals surface area contributed by atoms with Crippen LogP contribution in [0.3, 0.4) is 0 Å². The molecule has 4 N–H and O–H groups in total. The molecule has 0 amide bonds. The lowest BCUT2D eigenvalue weighted by Crippen LogP contribution is -2.19. The van der Waals surface area contributed by atoms with Gasteiger partial charge in [-0.15, -0.1) is 0 Å². The molecule has 0 spiro atoms. The minimum Gasteiger partial charge on any atom is -0.396 e. The van der Waals surface area contributed by atoms with Crippen LogP contribution in [0.2, 0.25) is 0 Å². The highest BCUT2D eigenvalue weighted by molar-refractivity contribution is 4.54. The van der Waals surface area contributed by atoms with Crippen LogP contribution in [-0.4, -0.2) is 29.5 Å². The first-order chi connectivity index (χ1) is 4.81. The molecule has 3 nitrogen and oxygen atoms in total. The van der Waals surface area contributed by atoms with Crippen LogP contribution < -0.4 is 5.73 Å². The number of unbranched alkanes of at least 4 members (excludes halogenated alkanes) is 2. The summed E-state index contributed by atoms with van der Waals surface area (Å²) in [6, 6.07) is 0. The summed E-state index contributed by atoms with van der Waals surface area (Å²) >= 11 is 0. The number of aliphatic hydroxyl groups is 2. The molecule has 0 heterocycles. The standard InChI is InChI=1S/C7H17NO2/c8-6-7(10)4-2-1-3-5-9/h7,9-10H,1-6,8H2. The molecular formula is C7H17NO2. The molecule has 3 heteroatoms. The summed E-state index contributed by atoms with van der Waals surface area (Å²) < 4.78 is 0. The van der Waals surface area contributed by atoms with Gasteiger partial charge in [0.2, 0.25) is 0 Å². The van der Waals surface area contributed by atoms with E-state index in [4.69, 9.17) is 15.9 Å². The number of rotatable bonds is 6. The summed E-state index contributed by atoms with van der Waals surface area (Å²) in [6.07, 6.45) is 3.18. The summed E-state index contributed by atoms with van der Waals surface area (Å²) in [5.74, 6) is 0. The van der Waals surface area contributed by atoms with Gasteiger partial charge in [-0.3, -0.25) is 0 Å². The second kappa shape index (κ2) is 6.99. The highest BCUT2D eigenvalue weighted by Crippen LogP contribution is 2.01. The molecule has 0 fully saturated rings. The second-order valence-corrected chi connectivity index (χ2v) is 2.46. The molecule has 1 atom stereocenters. The Morgan fingerprint density at radius 2 is 1.90 bits per heavy atom. The zero-order valence-electron chi connectivity index (χ0n) is 6.29. The summed E-state index contributed by atoms with van der Waals surface area (Å²) in [4.78, 5) is 0. The Balaban J connectivity index is 2.89. The average Bonchev–Trinajstić information content (AvgIpc) is 1.98. The number of hydrogen-bond acceptors (Lipinski definition) is 3. The van der Waals surface area contributed by atoms with Crippen molar-refractivity contribution in [2.45, 2.75) is 31.8 Å². The van der Waals surface area contributed by atoms with Gasteiger partial charge in [0.05, 0.1) is 6.10 Å². The lowest BCUT2D eigenvalue weighted by atomic mass is 10.1. The third-order valence-corrected chi connectivity index (χ3v) is 1.47. The van der Waals surface area contributed by atoms with E-state index in [1.807, 2.05) is 0 Å². The van der Waals surface area contributed by atoms with E-state index < -0.39 is 0 Å². The van der Waals surface area contributed by atoms with Gasteiger partial charge in [0.1, 0.15) is 0 Å². The van der Waals surface area contributed by atoms with Crippen molar-refractivity contribution in [1.82, 2.24) is 0 Å². The van der Waals surface area contributed by atoms with Crippen LogP contribution in [0.5, 0.6) is 0 Å². The van der Waals surface area contributed by atoms with Crippen LogP contribution in [0.4, 0.5) is 0 Å². The predicted octanol–water partition coefficient (Wildman–Crippen LogP) is -0.141. The van der Waals surface area contributed by atoms with E-state index in [9.17, 15) is 0 Å². The van der Waals surface area contributed by atoms with E-state index >= 15 is 0 Å². The van der Waals surface area contributed by atoms with Crippen molar-refractivity contribution >= 4 is 0 Å². The van der Waals surface area contributed by atoms with Crippen molar-refractivity contribution in [3.63, 3.8) is 0 Å². The highest BCUT2D eigenvalue weighted by atomic mass is 16.3. The fourth-order valence-electron chi connectivity index (χ4n) is 0.786. The third kappa shape index (κ3) is 6.01. The van der Waals surface area contributed by atoms with Gasteiger partial charge < -0.3 is 15.9 Å². The van der Waals surface area contributed by atoms with Crippen molar-refractivity contribution in [2.24, 2.45) is 5.73 Å². The second-order valence-electron chi connectivity index (χ2n) is 2.46. The molecule has 1 unspecified atom stereocenters. The van der Waals surface area contributed by atoms with E-state index in [2.05, 4.69) is 0 Å². The molecule has 0 radical (unpaired) electrons. The topological polar surface area (TPSA) is 66.5 Å². The molecule has 10 heavy (non-hydrogen) atoms. The van der Waals surface area contributed by atoms with Crippen molar-refractivity contribution in [3.05, 3.63) is 0 Å². The minimum atomic E-state index is -0.348. The highest BCUT2D eigenvalue weighted by Gasteiger charge is 1.98. The number of aliphatic hydroxyl groups excluding tert-OH is 2. The quantitative estimate of drug-likeness (QED) is 0.458. The van der Waals surface area contributed by atoms with Gasteiger partial charge in [-0.25, -0.2) is 0 Å². The lowest BCUT2D eigenvalue weighted by Gasteiger charge is -2.05. The van der Waals surface area contributed by atoms with Crippen molar-refractivity contribution in [1.29, 1.82) is 0 Å². The number of hydrogen-bond donors (Lipinski definition) is 3. The zero-order chi connectivity index (χ0) is 7.82. The zero-order valence-corrected chi connectivity index (χ0v) is 6.29. The van der Waals surface area contributed by atoms with Gasteiger partial charge in [0.15, 0.2) is 0 Å². The first kappa shape index (κ1) is 9.88. The minimum absolute atomic E-state index is 0.249. The van der Waals surface area contributed by atoms with Crippen LogP contribution in [0.1, 0.15) is 25.7 Å². The van der Waals surface area contributed by atoms with Crippen LogP contribution in [-0.2, 0) is 0 Å². The van der Waals surface area contributed by atoms with Gasteiger partial charge in [-0.05, 0) is 12.8 Å². The molecule has 0 aromatic carbocycles. The summed E-state index contributed by atoms with van der Waals surface area (Å²) in [6.45, 7) is 0.595. The normalized spacial score (nSPS) is 13.5. The van der Waals surface area contributed by atoms with E-state index in [-0.39, 0.29) is 12.7 Å². The predicted molar refractivity (Wildman–Crippen MR) is 40.6 cm³/mol. The maximum absolute atomic E-state index is 8.97. The SMILES string of the molecule is NCC(O)CCCCCO. The van der Waals surface area contributed by atoms with Crippen molar-refractivity contribution in [3.8, 4) is 0 Å². The maximum atomic E-state index is 8.97. The first-order valence-corrected chi connectivity index (χ1v) is 3.80. The molecule has 0 rings (SSSR count). The maximum Gasteiger partial charge on any atom is 0.0662 e. The molecule has 0 aromatic rings. The van der Waals surface area contributed by atoms with E-state index in [1.165, 1.54) is 0 Å². The van der Waals surface area contributed by atoms with Crippen LogP contribution in [0.25, 0.3) is 0 Å². The molecule has 0 aromatic heterocycles. The molecule has 0 saturated carbocycles. The number of nitrogens with two attached hydrogens (primary N) is 1. The molecular weight excluding hydrogens is 130 g/mol. The summed E-state index contributed by atoms with van der Waals surface area (Å²) in [5, 5.41) is 17.4. The Morgan fingerprint density at radius 1 is 1.20 bits per heavy atom. The monoisotopic (exact) mass is 147 g/mol. The van der Waals surface area contributed by atoms with E-state index in [1.54, 1.807) is 0 Å². The Kier molecular flexibility index (Phi) is 6.91. The van der Waals surface area contributed by atoms with Gasteiger partial charge >= 0.3 is 0 Å². The van der Waals surface area contributed by atoms with E-state index in [0.29, 0.717) is 6.54 Å². The Morgan fingerprint density at radius 3 is 2.40 bits per heavy atom. The van der Waals surface area contributed by atoms with Crippen LogP contribution in [0, 0.1) is 0 Å². The average molecular weight is 147 g/mol. The fourth-order valence-corrected chi connectivity index (χ4v) is 0.786. The van der Waals surface area contributed by atoms with Crippen LogP contribution in [0.15, 0.2) is 0 Å². The third-order valence-electron chi connectivity index (χ3n) is 1.47. The first-order valence-electron chi connectivity index (χ1n) is 3.80.